The Labute approximate surface area is 110 Å². The highest BCUT2D eigenvalue weighted by Gasteiger charge is 2.13. The maximum Gasteiger partial charge on any atom is 0.396 e. The van der Waals surface area contributed by atoms with E-state index >= 15 is 0 Å². The topological polar surface area (TPSA) is 84.1 Å². The zero-order valence-electron chi connectivity index (χ0n) is 10.8. The monoisotopic (exact) mass is 261 g/mol. The highest BCUT2D eigenvalue weighted by atomic mass is 16.5. The standard InChI is InChI=1S/C13H15N3O3/c1-3-19-13(18)12(17)14-7-9-4-5-10-11(6-9)16-8(2)15-10/h4-6H,3,7H2,1-2H3,(H,14,17)(H,15,16). The Morgan fingerprint density at radius 1 is 1.42 bits per heavy atom. The smallest absolute Gasteiger partial charge is 0.396 e. The number of aromatic amines is 1. The second kappa shape index (κ2) is 5.51. The molecule has 0 aliphatic rings. The van der Waals surface area contributed by atoms with Gasteiger partial charge in [0.15, 0.2) is 0 Å². The van der Waals surface area contributed by atoms with Crippen molar-refractivity contribution >= 4 is 22.9 Å². The number of carbonyl (C=O) groups is 2. The highest BCUT2D eigenvalue weighted by Crippen LogP contribution is 2.13. The number of nitrogens with one attached hydrogen (secondary N) is 2. The Balaban J connectivity index is 2.01. The number of aryl methyl sites for hydroxylation is 1. The average molecular weight is 261 g/mol. The first-order valence-corrected chi connectivity index (χ1v) is 6.00. The fraction of sp³-hybridized carbons (Fsp3) is 0.308. The van der Waals surface area contributed by atoms with E-state index in [1.54, 1.807) is 6.92 Å². The molecule has 100 valence electrons. The lowest BCUT2D eigenvalue weighted by Gasteiger charge is -2.04. The number of nitrogens with zero attached hydrogens (tertiary/aromatic N) is 1. The summed E-state index contributed by atoms with van der Waals surface area (Å²) in [7, 11) is 0. The molecule has 19 heavy (non-hydrogen) atoms. The van der Waals surface area contributed by atoms with Crippen molar-refractivity contribution < 1.29 is 14.3 Å². The summed E-state index contributed by atoms with van der Waals surface area (Å²) in [4.78, 5) is 29.9. The van der Waals surface area contributed by atoms with Crippen molar-refractivity contribution in [3.63, 3.8) is 0 Å². The number of esters is 1. The molecule has 1 aromatic carbocycles. The second-order valence-electron chi connectivity index (χ2n) is 4.08. The minimum atomic E-state index is -0.860. The molecular formula is C13H15N3O3. The molecule has 0 saturated heterocycles. The van der Waals surface area contributed by atoms with Gasteiger partial charge in [0.1, 0.15) is 5.82 Å². The number of imidazole rings is 1. The molecule has 6 heteroatoms. The summed E-state index contributed by atoms with van der Waals surface area (Å²) in [6.07, 6.45) is 0. The van der Waals surface area contributed by atoms with Gasteiger partial charge in [-0.25, -0.2) is 9.78 Å². The molecule has 0 saturated carbocycles. The van der Waals surface area contributed by atoms with Gasteiger partial charge in [0.25, 0.3) is 0 Å². The van der Waals surface area contributed by atoms with Gasteiger partial charge in [0.05, 0.1) is 17.6 Å². The molecule has 0 aliphatic heterocycles. The molecule has 0 aliphatic carbocycles. The van der Waals surface area contributed by atoms with Crippen LogP contribution in [0.1, 0.15) is 18.3 Å². The molecule has 0 radical (unpaired) electrons. The minimum absolute atomic E-state index is 0.186. The molecule has 0 bridgehead atoms. The van der Waals surface area contributed by atoms with Crippen LogP contribution in [0.25, 0.3) is 11.0 Å². The van der Waals surface area contributed by atoms with Crippen LogP contribution in [0.2, 0.25) is 0 Å². The Hall–Kier alpha value is -2.37. The normalized spacial score (nSPS) is 10.4. The Bertz CT molecular complexity index is 619. The molecule has 1 aromatic heterocycles. The lowest BCUT2D eigenvalue weighted by molar-refractivity contribution is -0.154. The number of rotatable bonds is 3. The summed E-state index contributed by atoms with van der Waals surface area (Å²) >= 11 is 0. The first-order chi connectivity index (χ1) is 9.10. The van der Waals surface area contributed by atoms with Crippen molar-refractivity contribution in [3.05, 3.63) is 29.6 Å². The fourth-order valence-electron chi connectivity index (χ4n) is 1.75. The van der Waals surface area contributed by atoms with Crippen LogP contribution in [-0.4, -0.2) is 28.5 Å². The van der Waals surface area contributed by atoms with Gasteiger partial charge >= 0.3 is 11.9 Å². The second-order valence-corrected chi connectivity index (χ2v) is 4.08. The van der Waals surface area contributed by atoms with Crippen LogP contribution in [0.3, 0.4) is 0 Å². The van der Waals surface area contributed by atoms with E-state index in [0.29, 0.717) is 0 Å². The van der Waals surface area contributed by atoms with E-state index in [4.69, 9.17) is 0 Å². The lowest BCUT2D eigenvalue weighted by atomic mass is 10.2. The van der Waals surface area contributed by atoms with Gasteiger partial charge in [-0.2, -0.15) is 0 Å². The zero-order valence-corrected chi connectivity index (χ0v) is 10.8. The van der Waals surface area contributed by atoms with Crippen LogP contribution in [0, 0.1) is 6.92 Å². The van der Waals surface area contributed by atoms with Gasteiger partial charge in [-0.05, 0) is 31.5 Å². The van der Waals surface area contributed by atoms with E-state index in [1.807, 2.05) is 25.1 Å². The van der Waals surface area contributed by atoms with Gasteiger partial charge in [0, 0.05) is 6.54 Å². The first kappa shape index (κ1) is 13.1. The molecule has 0 atom stereocenters. The van der Waals surface area contributed by atoms with E-state index in [0.717, 1.165) is 22.4 Å². The van der Waals surface area contributed by atoms with Crippen LogP contribution >= 0.6 is 0 Å². The van der Waals surface area contributed by atoms with Crippen LogP contribution in [0.15, 0.2) is 18.2 Å². The third-order valence-corrected chi connectivity index (χ3v) is 2.58. The molecule has 0 spiro atoms. The summed E-state index contributed by atoms with van der Waals surface area (Å²) in [6.45, 7) is 3.99. The van der Waals surface area contributed by atoms with Gasteiger partial charge in [-0.15, -0.1) is 0 Å². The molecule has 6 nitrogen and oxygen atoms in total. The summed E-state index contributed by atoms with van der Waals surface area (Å²) in [5.41, 5.74) is 2.66. The quantitative estimate of drug-likeness (QED) is 0.639. The molecule has 1 heterocycles. The summed E-state index contributed by atoms with van der Waals surface area (Å²) in [6, 6.07) is 5.61. The Morgan fingerprint density at radius 3 is 2.95 bits per heavy atom. The maximum absolute atomic E-state index is 11.4. The minimum Gasteiger partial charge on any atom is -0.459 e. The van der Waals surface area contributed by atoms with Crippen molar-refractivity contribution in [3.8, 4) is 0 Å². The molecule has 2 rings (SSSR count). The van der Waals surface area contributed by atoms with Crippen molar-refractivity contribution in [2.24, 2.45) is 0 Å². The molecule has 0 unspecified atom stereocenters. The van der Waals surface area contributed by atoms with Crippen molar-refractivity contribution in [1.29, 1.82) is 0 Å². The number of ether oxygens (including phenoxy) is 1. The maximum atomic E-state index is 11.4. The largest absolute Gasteiger partial charge is 0.459 e. The Kier molecular flexibility index (Phi) is 3.79. The van der Waals surface area contributed by atoms with E-state index in [2.05, 4.69) is 20.0 Å². The summed E-state index contributed by atoms with van der Waals surface area (Å²) < 4.78 is 4.60. The number of carbonyl (C=O) groups excluding carboxylic acids is 2. The number of amides is 1. The van der Waals surface area contributed by atoms with E-state index in [9.17, 15) is 9.59 Å². The van der Waals surface area contributed by atoms with E-state index in [-0.39, 0.29) is 13.2 Å². The van der Waals surface area contributed by atoms with E-state index in [1.165, 1.54) is 0 Å². The molecule has 2 N–H and O–H groups in total. The van der Waals surface area contributed by atoms with Crippen LogP contribution < -0.4 is 5.32 Å². The van der Waals surface area contributed by atoms with E-state index < -0.39 is 11.9 Å². The number of fused-ring (bicyclic) bond motifs is 1. The number of hydrogen-bond acceptors (Lipinski definition) is 4. The van der Waals surface area contributed by atoms with Crippen molar-refractivity contribution in [2.45, 2.75) is 20.4 Å². The van der Waals surface area contributed by atoms with Gasteiger partial charge < -0.3 is 15.0 Å². The third kappa shape index (κ3) is 3.09. The summed E-state index contributed by atoms with van der Waals surface area (Å²) in [5.74, 6) is -0.758. The number of aromatic nitrogens is 2. The predicted octanol–water partition coefficient (Wildman–Crippen LogP) is 1.05. The predicted molar refractivity (Wildman–Crippen MR) is 69.3 cm³/mol. The first-order valence-electron chi connectivity index (χ1n) is 6.00. The number of benzene rings is 1. The molecule has 1 amide bonds. The highest BCUT2D eigenvalue weighted by molar-refractivity contribution is 6.32. The average Bonchev–Trinajstić information content (AvgIpc) is 2.75. The third-order valence-electron chi connectivity index (χ3n) is 2.58. The molecule has 2 aromatic rings. The lowest BCUT2D eigenvalue weighted by Crippen LogP contribution is -2.32. The van der Waals surface area contributed by atoms with Crippen LogP contribution in [-0.2, 0) is 20.9 Å². The van der Waals surface area contributed by atoms with Crippen LogP contribution in [0.5, 0.6) is 0 Å². The number of H-pyrrole nitrogens is 1. The fourth-order valence-corrected chi connectivity index (χ4v) is 1.75. The SMILES string of the molecule is CCOC(=O)C(=O)NCc1ccc2nc(C)[nH]c2c1. The van der Waals surface area contributed by atoms with Crippen molar-refractivity contribution in [2.75, 3.05) is 6.61 Å². The molecular weight excluding hydrogens is 246 g/mol. The van der Waals surface area contributed by atoms with Crippen LogP contribution in [0.4, 0.5) is 0 Å². The van der Waals surface area contributed by atoms with Crippen molar-refractivity contribution in [1.82, 2.24) is 15.3 Å². The summed E-state index contributed by atoms with van der Waals surface area (Å²) in [5, 5.41) is 2.51. The van der Waals surface area contributed by atoms with Gasteiger partial charge in [-0.3, -0.25) is 4.79 Å². The molecule has 0 fully saturated rings. The zero-order chi connectivity index (χ0) is 13.8. The number of hydrogen-bond donors (Lipinski definition) is 2. The van der Waals surface area contributed by atoms with Gasteiger partial charge in [0.2, 0.25) is 0 Å². The van der Waals surface area contributed by atoms with Gasteiger partial charge in [-0.1, -0.05) is 6.07 Å². The Morgan fingerprint density at radius 2 is 2.21 bits per heavy atom.